The Morgan fingerprint density at radius 3 is 2.88 bits per heavy atom. The van der Waals surface area contributed by atoms with Gasteiger partial charge in [0.2, 0.25) is 0 Å². The van der Waals surface area contributed by atoms with Crippen LogP contribution in [-0.4, -0.2) is 15.0 Å². The van der Waals surface area contributed by atoms with Gasteiger partial charge in [0.15, 0.2) is 5.82 Å². The molecule has 0 aliphatic rings. The lowest BCUT2D eigenvalue weighted by Gasteiger charge is -2.06. The second-order valence-electron chi connectivity index (χ2n) is 3.68. The summed E-state index contributed by atoms with van der Waals surface area (Å²) in [7, 11) is 0. The molecule has 17 heavy (non-hydrogen) atoms. The Kier molecular flexibility index (Phi) is 3.56. The van der Waals surface area contributed by atoms with Crippen molar-refractivity contribution >= 4 is 22.6 Å². The lowest BCUT2D eigenvalue weighted by Crippen LogP contribution is -2.15. The van der Waals surface area contributed by atoms with Crippen LogP contribution in [0.15, 0.2) is 23.1 Å². The van der Waals surface area contributed by atoms with E-state index in [4.69, 9.17) is 0 Å². The smallest absolute Gasteiger partial charge is 0.264 e. The maximum Gasteiger partial charge on any atom is 0.264 e. The Morgan fingerprint density at radius 1 is 1.47 bits per heavy atom. The van der Waals surface area contributed by atoms with Crippen molar-refractivity contribution in [1.29, 1.82) is 0 Å². The van der Waals surface area contributed by atoms with Gasteiger partial charge in [0.25, 0.3) is 5.56 Å². The average molecular weight is 341 g/mol. The topological polar surface area (TPSA) is 58.6 Å². The van der Waals surface area contributed by atoms with Gasteiger partial charge < -0.3 is 4.98 Å². The molecular weight excluding hydrogens is 329 g/mol. The summed E-state index contributed by atoms with van der Waals surface area (Å²) in [6, 6.07) is 3.88. The van der Waals surface area contributed by atoms with Gasteiger partial charge in [-0.05, 0) is 47.6 Å². The molecule has 1 N–H and O–H groups in total. The van der Waals surface area contributed by atoms with E-state index in [1.807, 2.05) is 41.6 Å². The second kappa shape index (κ2) is 4.95. The third-order valence-corrected chi connectivity index (χ3v) is 3.80. The lowest BCUT2D eigenvalue weighted by atomic mass is 10.1. The molecule has 0 saturated carbocycles. The van der Waals surface area contributed by atoms with Crippen LogP contribution in [-0.2, 0) is 6.42 Å². The zero-order valence-electron chi connectivity index (χ0n) is 9.62. The van der Waals surface area contributed by atoms with Crippen molar-refractivity contribution in [2.75, 3.05) is 0 Å². The van der Waals surface area contributed by atoms with E-state index in [1.165, 1.54) is 0 Å². The monoisotopic (exact) mass is 341 g/mol. The number of aromatic nitrogens is 3. The molecule has 0 aromatic carbocycles. The van der Waals surface area contributed by atoms with Gasteiger partial charge >= 0.3 is 0 Å². The van der Waals surface area contributed by atoms with E-state index >= 15 is 0 Å². The number of aryl methyl sites for hydroxylation is 2. The van der Waals surface area contributed by atoms with Crippen molar-refractivity contribution in [3.63, 3.8) is 0 Å². The minimum absolute atomic E-state index is 0.110. The quantitative estimate of drug-likeness (QED) is 0.853. The van der Waals surface area contributed by atoms with Crippen LogP contribution in [0.5, 0.6) is 0 Å². The van der Waals surface area contributed by atoms with Crippen molar-refractivity contribution in [2.24, 2.45) is 0 Å². The van der Waals surface area contributed by atoms with E-state index in [-0.39, 0.29) is 5.56 Å². The highest BCUT2D eigenvalue weighted by atomic mass is 127. The van der Waals surface area contributed by atoms with Crippen molar-refractivity contribution in [1.82, 2.24) is 15.0 Å². The van der Waals surface area contributed by atoms with Crippen LogP contribution in [0, 0.1) is 10.5 Å². The molecule has 0 aliphatic heterocycles. The van der Waals surface area contributed by atoms with Crippen LogP contribution in [0.4, 0.5) is 0 Å². The number of rotatable bonds is 2. The predicted molar refractivity (Wildman–Crippen MR) is 74.9 cm³/mol. The predicted octanol–water partition coefficient (Wildman–Crippen LogP) is 2.31. The van der Waals surface area contributed by atoms with Crippen LogP contribution >= 0.6 is 22.6 Å². The Morgan fingerprint density at radius 2 is 2.24 bits per heavy atom. The van der Waals surface area contributed by atoms with Gasteiger partial charge in [-0.25, -0.2) is 4.98 Å². The van der Waals surface area contributed by atoms with Gasteiger partial charge in [-0.2, -0.15) is 0 Å². The summed E-state index contributed by atoms with van der Waals surface area (Å²) in [4.78, 5) is 23.2. The standard InChI is InChI=1S/C12H12IN3O/c1-3-8-5-4-6-14-10(8)11-15-7(2)9(13)12(17)16-11/h4-6H,3H2,1-2H3,(H,15,16,17). The number of hydrogen-bond acceptors (Lipinski definition) is 3. The molecule has 0 atom stereocenters. The zero-order chi connectivity index (χ0) is 12.4. The maximum absolute atomic E-state index is 11.7. The highest BCUT2D eigenvalue weighted by molar-refractivity contribution is 14.1. The third-order valence-electron chi connectivity index (χ3n) is 2.52. The van der Waals surface area contributed by atoms with E-state index in [2.05, 4.69) is 21.9 Å². The minimum Gasteiger partial charge on any atom is -0.304 e. The van der Waals surface area contributed by atoms with E-state index in [0.717, 1.165) is 23.4 Å². The fourth-order valence-corrected chi connectivity index (χ4v) is 1.88. The lowest BCUT2D eigenvalue weighted by molar-refractivity contribution is 1.01. The number of halogens is 1. The number of H-pyrrole nitrogens is 1. The van der Waals surface area contributed by atoms with Crippen LogP contribution in [0.1, 0.15) is 18.2 Å². The average Bonchev–Trinajstić information content (AvgIpc) is 2.35. The van der Waals surface area contributed by atoms with Gasteiger partial charge in [-0.1, -0.05) is 13.0 Å². The maximum atomic E-state index is 11.7. The highest BCUT2D eigenvalue weighted by Gasteiger charge is 2.10. The van der Waals surface area contributed by atoms with Crippen molar-refractivity contribution in [2.45, 2.75) is 20.3 Å². The van der Waals surface area contributed by atoms with Crippen molar-refractivity contribution in [3.8, 4) is 11.5 Å². The SMILES string of the molecule is CCc1cccnc1-c1nc(C)c(I)c(=O)[nH]1. The Bertz CT molecular complexity index is 607. The van der Waals surface area contributed by atoms with E-state index in [9.17, 15) is 4.79 Å². The van der Waals surface area contributed by atoms with Gasteiger partial charge in [0.1, 0.15) is 5.69 Å². The molecule has 4 nitrogen and oxygen atoms in total. The molecule has 88 valence electrons. The first-order valence-corrected chi connectivity index (χ1v) is 6.42. The summed E-state index contributed by atoms with van der Waals surface area (Å²) in [6.45, 7) is 3.88. The fraction of sp³-hybridized carbons (Fsp3) is 0.250. The van der Waals surface area contributed by atoms with E-state index in [1.54, 1.807) is 6.20 Å². The fourth-order valence-electron chi connectivity index (χ4n) is 1.62. The molecule has 2 rings (SSSR count). The number of nitrogens with zero attached hydrogens (tertiary/aromatic N) is 2. The van der Waals surface area contributed by atoms with Gasteiger partial charge in [0, 0.05) is 6.20 Å². The molecule has 5 heteroatoms. The molecule has 0 unspecified atom stereocenters. The Labute approximate surface area is 113 Å². The van der Waals surface area contributed by atoms with E-state index in [0.29, 0.717) is 9.39 Å². The third kappa shape index (κ3) is 2.38. The largest absolute Gasteiger partial charge is 0.304 e. The Balaban J connectivity index is 2.65. The molecule has 2 aromatic rings. The zero-order valence-corrected chi connectivity index (χ0v) is 11.8. The number of aromatic amines is 1. The van der Waals surface area contributed by atoms with Crippen molar-refractivity contribution < 1.29 is 0 Å². The molecule has 0 bridgehead atoms. The number of nitrogens with one attached hydrogen (secondary N) is 1. The van der Waals surface area contributed by atoms with Crippen LogP contribution < -0.4 is 5.56 Å². The van der Waals surface area contributed by atoms with Crippen molar-refractivity contribution in [3.05, 3.63) is 43.5 Å². The van der Waals surface area contributed by atoms with Crippen LogP contribution in [0.3, 0.4) is 0 Å². The Hall–Kier alpha value is -1.24. The minimum atomic E-state index is -0.110. The summed E-state index contributed by atoms with van der Waals surface area (Å²) in [5.74, 6) is 0.547. The number of hydrogen-bond donors (Lipinski definition) is 1. The molecule has 2 aromatic heterocycles. The first-order valence-electron chi connectivity index (χ1n) is 5.34. The summed E-state index contributed by atoms with van der Waals surface area (Å²) in [5.41, 5.74) is 2.46. The summed E-state index contributed by atoms with van der Waals surface area (Å²) in [5, 5.41) is 0. The molecule has 0 amide bonds. The molecule has 0 aliphatic carbocycles. The molecular formula is C12H12IN3O. The summed E-state index contributed by atoms with van der Waals surface area (Å²) in [6.07, 6.45) is 2.57. The van der Waals surface area contributed by atoms with Crippen LogP contribution in [0.2, 0.25) is 0 Å². The second-order valence-corrected chi connectivity index (χ2v) is 4.76. The van der Waals surface area contributed by atoms with Gasteiger partial charge in [0.05, 0.1) is 9.26 Å². The van der Waals surface area contributed by atoms with Crippen LogP contribution in [0.25, 0.3) is 11.5 Å². The number of pyridine rings is 1. The highest BCUT2D eigenvalue weighted by Crippen LogP contribution is 2.17. The molecule has 0 saturated heterocycles. The molecule has 0 spiro atoms. The van der Waals surface area contributed by atoms with E-state index < -0.39 is 0 Å². The first kappa shape index (κ1) is 12.2. The summed E-state index contributed by atoms with van der Waals surface area (Å²) < 4.78 is 0.625. The first-order chi connectivity index (χ1) is 8.13. The van der Waals surface area contributed by atoms with Gasteiger partial charge in [-0.3, -0.25) is 9.78 Å². The normalized spacial score (nSPS) is 10.5. The van der Waals surface area contributed by atoms with Gasteiger partial charge in [-0.15, -0.1) is 0 Å². The summed E-state index contributed by atoms with van der Waals surface area (Å²) >= 11 is 2.00. The molecule has 2 heterocycles. The molecule has 0 fully saturated rings. The molecule has 0 radical (unpaired) electrons.